The minimum absolute atomic E-state index is 0.604. The van der Waals surface area contributed by atoms with Crippen LogP contribution < -0.4 is 4.74 Å². The van der Waals surface area contributed by atoms with E-state index in [0.717, 1.165) is 16.9 Å². The maximum Gasteiger partial charge on any atom is 0.215 e. The van der Waals surface area contributed by atoms with E-state index in [9.17, 15) is 0 Å². The first-order chi connectivity index (χ1) is 9.26. The molecule has 1 aromatic carbocycles. The van der Waals surface area contributed by atoms with Gasteiger partial charge in [-0.15, -0.1) is 0 Å². The van der Waals surface area contributed by atoms with E-state index >= 15 is 0 Å². The van der Waals surface area contributed by atoms with E-state index in [0.29, 0.717) is 18.1 Å². The Balaban J connectivity index is 2.03. The Bertz CT molecular complexity index is 706. The lowest BCUT2D eigenvalue weighted by Crippen LogP contribution is -1.93. The summed E-state index contributed by atoms with van der Waals surface area (Å²) >= 11 is 2.28. The van der Waals surface area contributed by atoms with Crippen LogP contribution >= 0.6 is 22.6 Å². The number of H-pyrrole nitrogens is 1. The van der Waals surface area contributed by atoms with E-state index in [2.05, 4.69) is 49.7 Å². The van der Waals surface area contributed by atoms with Gasteiger partial charge in [0.1, 0.15) is 5.82 Å². The van der Waals surface area contributed by atoms with Gasteiger partial charge in [0.25, 0.3) is 0 Å². The lowest BCUT2D eigenvalue weighted by Gasteiger charge is -1.99. The molecule has 0 aliphatic carbocycles. The molecule has 19 heavy (non-hydrogen) atoms. The molecule has 0 unspecified atom stereocenters. The summed E-state index contributed by atoms with van der Waals surface area (Å²) in [5.74, 6) is 1.43. The van der Waals surface area contributed by atoms with Crippen molar-refractivity contribution in [1.82, 2.24) is 15.0 Å². The maximum atomic E-state index is 5.38. The summed E-state index contributed by atoms with van der Waals surface area (Å²) in [6.45, 7) is 2.54. The number of ether oxygens (including phenoxy) is 1. The molecule has 0 aliphatic rings. The highest BCUT2D eigenvalue weighted by Gasteiger charge is 2.07. The standard InChI is InChI=1S/C14H12IN3O/c1-2-19-12-8-7-11-14(17-12)18-13(16-11)9-3-5-10(15)6-4-9/h3-8H,2H2,1H3,(H,16,17,18). The van der Waals surface area contributed by atoms with E-state index < -0.39 is 0 Å². The molecule has 2 aromatic heterocycles. The van der Waals surface area contributed by atoms with Gasteiger partial charge in [-0.1, -0.05) is 12.1 Å². The average molecular weight is 365 g/mol. The first-order valence-electron chi connectivity index (χ1n) is 6.02. The van der Waals surface area contributed by atoms with Gasteiger partial charge in [-0.2, -0.15) is 4.98 Å². The summed E-state index contributed by atoms with van der Waals surface area (Å²) in [7, 11) is 0. The van der Waals surface area contributed by atoms with Gasteiger partial charge < -0.3 is 9.72 Å². The number of aromatic nitrogens is 3. The highest BCUT2D eigenvalue weighted by Crippen LogP contribution is 2.22. The van der Waals surface area contributed by atoms with Gasteiger partial charge >= 0.3 is 0 Å². The van der Waals surface area contributed by atoms with Gasteiger partial charge in [0, 0.05) is 15.2 Å². The topological polar surface area (TPSA) is 50.8 Å². The Kier molecular flexibility index (Phi) is 3.37. The molecule has 3 rings (SSSR count). The van der Waals surface area contributed by atoms with Crippen LogP contribution in [0.3, 0.4) is 0 Å². The molecular formula is C14H12IN3O. The summed E-state index contributed by atoms with van der Waals surface area (Å²) in [6.07, 6.45) is 0. The zero-order valence-corrected chi connectivity index (χ0v) is 12.5. The van der Waals surface area contributed by atoms with Crippen molar-refractivity contribution in [2.75, 3.05) is 6.61 Å². The maximum absolute atomic E-state index is 5.38. The van der Waals surface area contributed by atoms with Crippen LogP contribution in [0.4, 0.5) is 0 Å². The fourth-order valence-electron chi connectivity index (χ4n) is 1.85. The normalized spacial score (nSPS) is 10.8. The summed E-state index contributed by atoms with van der Waals surface area (Å²) < 4.78 is 6.58. The van der Waals surface area contributed by atoms with Crippen molar-refractivity contribution in [2.45, 2.75) is 6.92 Å². The highest BCUT2D eigenvalue weighted by atomic mass is 127. The van der Waals surface area contributed by atoms with Crippen LogP contribution in [-0.2, 0) is 0 Å². The van der Waals surface area contributed by atoms with Gasteiger partial charge in [-0.25, -0.2) is 4.98 Å². The van der Waals surface area contributed by atoms with Gasteiger partial charge in [-0.05, 0) is 47.7 Å². The van der Waals surface area contributed by atoms with Crippen LogP contribution in [0.1, 0.15) is 6.92 Å². The van der Waals surface area contributed by atoms with E-state index in [1.807, 2.05) is 31.2 Å². The number of halogens is 1. The van der Waals surface area contributed by atoms with E-state index in [4.69, 9.17) is 4.74 Å². The third-order valence-electron chi connectivity index (χ3n) is 2.73. The predicted molar refractivity (Wildman–Crippen MR) is 83.2 cm³/mol. The fourth-order valence-corrected chi connectivity index (χ4v) is 2.21. The first-order valence-corrected chi connectivity index (χ1v) is 7.09. The summed E-state index contributed by atoms with van der Waals surface area (Å²) in [4.78, 5) is 12.1. The monoisotopic (exact) mass is 365 g/mol. The molecule has 0 radical (unpaired) electrons. The van der Waals surface area contributed by atoms with Crippen LogP contribution in [0, 0.1) is 3.57 Å². The second-order valence-electron chi connectivity index (χ2n) is 4.05. The first kappa shape index (κ1) is 12.4. The van der Waals surface area contributed by atoms with Crippen molar-refractivity contribution in [2.24, 2.45) is 0 Å². The molecule has 0 saturated heterocycles. The Morgan fingerprint density at radius 1 is 1.11 bits per heavy atom. The van der Waals surface area contributed by atoms with Crippen molar-refractivity contribution < 1.29 is 4.74 Å². The number of benzene rings is 1. The molecule has 4 nitrogen and oxygen atoms in total. The van der Waals surface area contributed by atoms with Crippen molar-refractivity contribution in [3.8, 4) is 17.3 Å². The largest absolute Gasteiger partial charge is 0.478 e. The Hall–Kier alpha value is -1.63. The molecule has 0 bridgehead atoms. The molecule has 2 heterocycles. The molecule has 96 valence electrons. The third kappa shape index (κ3) is 2.56. The number of rotatable bonds is 3. The summed E-state index contributed by atoms with van der Waals surface area (Å²) in [5, 5.41) is 0. The van der Waals surface area contributed by atoms with Crippen LogP contribution in [0.2, 0.25) is 0 Å². The number of pyridine rings is 1. The van der Waals surface area contributed by atoms with Crippen molar-refractivity contribution in [3.05, 3.63) is 40.0 Å². The van der Waals surface area contributed by atoms with Gasteiger partial charge in [0.15, 0.2) is 5.65 Å². The van der Waals surface area contributed by atoms with Crippen LogP contribution in [0.15, 0.2) is 36.4 Å². The molecule has 0 saturated carbocycles. The summed E-state index contributed by atoms with van der Waals surface area (Å²) in [5.41, 5.74) is 2.65. The van der Waals surface area contributed by atoms with E-state index in [1.165, 1.54) is 3.57 Å². The van der Waals surface area contributed by atoms with E-state index in [1.54, 1.807) is 0 Å². The number of nitrogens with zero attached hydrogens (tertiary/aromatic N) is 2. The van der Waals surface area contributed by atoms with Gasteiger partial charge in [-0.3, -0.25) is 0 Å². The van der Waals surface area contributed by atoms with Crippen LogP contribution in [-0.4, -0.2) is 21.6 Å². The molecular weight excluding hydrogens is 353 g/mol. The molecule has 0 atom stereocenters. The number of imidazole rings is 1. The SMILES string of the molecule is CCOc1ccc2[nH]c(-c3ccc(I)cc3)nc2n1. The second kappa shape index (κ2) is 5.16. The minimum Gasteiger partial charge on any atom is -0.478 e. The van der Waals surface area contributed by atoms with Crippen molar-refractivity contribution in [1.29, 1.82) is 0 Å². The lowest BCUT2D eigenvalue weighted by atomic mass is 10.2. The molecule has 0 spiro atoms. The Morgan fingerprint density at radius 3 is 2.63 bits per heavy atom. The number of hydrogen-bond acceptors (Lipinski definition) is 3. The zero-order valence-electron chi connectivity index (χ0n) is 10.4. The number of nitrogens with one attached hydrogen (secondary N) is 1. The highest BCUT2D eigenvalue weighted by molar-refractivity contribution is 14.1. The average Bonchev–Trinajstić information content (AvgIpc) is 2.83. The number of aromatic amines is 1. The van der Waals surface area contributed by atoms with Crippen LogP contribution in [0.5, 0.6) is 5.88 Å². The zero-order chi connectivity index (χ0) is 13.2. The van der Waals surface area contributed by atoms with Crippen LogP contribution in [0.25, 0.3) is 22.6 Å². The minimum atomic E-state index is 0.604. The van der Waals surface area contributed by atoms with Crippen molar-refractivity contribution >= 4 is 33.8 Å². The van der Waals surface area contributed by atoms with Gasteiger partial charge in [0.05, 0.1) is 12.1 Å². The van der Waals surface area contributed by atoms with E-state index in [-0.39, 0.29) is 0 Å². The number of hydrogen-bond donors (Lipinski definition) is 1. The van der Waals surface area contributed by atoms with Gasteiger partial charge in [0.2, 0.25) is 5.88 Å². The lowest BCUT2D eigenvalue weighted by molar-refractivity contribution is 0.328. The Morgan fingerprint density at radius 2 is 1.89 bits per heavy atom. The molecule has 5 heteroatoms. The second-order valence-corrected chi connectivity index (χ2v) is 5.29. The molecule has 1 N–H and O–H groups in total. The quantitative estimate of drug-likeness (QED) is 0.722. The predicted octanol–water partition coefficient (Wildman–Crippen LogP) is 3.63. The molecule has 0 aliphatic heterocycles. The third-order valence-corrected chi connectivity index (χ3v) is 3.45. The smallest absolute Gasteiger partial charge is 0.215 e. The fraction of sp³-hybridized carbons (Fsp3) is 0.143. The Labute approximate surface area is 124 Å². The molecule has 0 fully saturated rings. The molecule has 0 amide bonds. The summed E-state index contributed by atoms with van der Waals surface area (Å²) in [6, 6.07) is 12.0. The molecule has 3 aromatic rings. The van der Waals surface area contributed by atoms with Crippen molar-refractivity contribution in [3.63, 3.8) is 0 Å². The number of fused-ring (bicyclic) bond motifs is 1.